The average molecular weight is 292 g/mol. The quantitative estimate of drug-likeness (QED) is 0.722. The van der Waals surface area contributed by atoms with Crippen molar-refractivity contribution in [1.82, 2.24) is 9.97 Å². The minimum absolute atomic E-state index is 0.130. The standard InChI is InChI=1S/C12H19F3N4O/c1-3-5-16-9-8-10(17-6-7-20-4-2)19-11(18-9)12(13,14)15/h8H,3-7H2,1-2H3,(H2,16,17,18,19). The Morgan fingerprint density at radius 1 is 1.10 bits per heavy atom. The van der Waals surface area contributed by atoms with Gasteiger partial charge in [0.25, 0.3) is 0 Å². The van der Waals surface area contributed by atoms with Crippen molar-refractivity contribution >= 4 is 11.6 Å². The van der Waals surface area contributed by atoms with Gasteiger partial charge in [-0.2, -0.15) is 13.2 Å². The Kier molecular flexibility index (Phi) is 6.50. The number of alkyl halides is 3. The van der Waals surface area contributed by atoms with Crippen molar-refractivity contribution in [1.29, 1.82) is 0 Å². The molecule has 0 unspecified atom stereocenters. The molecule has 0 saturated carbocycles. The van der Waals surface area contributed by atoms with E-state index in [0.29, 0.717) is 26.3 Å². The van der Waals surface area contributed by atoms with E-state index in [1.165, 1.54) is 6.07 Å². The highest BCUT2D eigenvalue weighted by Crippen LogP contribution is 2.28. The molecule has 0 spiro atoms. The van der Waals surface area contributed by atoms with E-state index in [9.17, 15) is 13.2 Å². The molecule has 0 aromatic carbocycles. The predicted octanol–water partition coefficient (Wildman–Crippen LogP) is 2.77. The van der Waals surface area contributed by atoms with Gasteiger partial charge in [0, 0.05) is 25.8 Å². The molecule has 1 rings (SSSR count). The minimum atomic E-state index is -4.57. The van der Waals surface area contributed by atoms with Crippen LogP contribution in [0, 0.1) is 0 Å². The molecule has 114 valence electrons. The third kappa shape index (κ3) is 5.60. The smallest absolute Gasteiger partial charge is 0.380 e. The molecule has 1 heterocycles. The van der Waals surface area contributed by atoms with Crippen molar-refractivity contribution in [3.8, 4) is 0 Å². The van der Waals surface area contributed by atoms with Crippen molar-refractivity contribution in [2.24, 2.45) is 0 Å². The molecule has 5 nitrogen and oxygen atoms in total. The second-order valence-corrected chi connectivity index (χ2v) is 4.01. The molecule has 1 aromatic rings. The van der Waals surface area contributed by atoms with Gasteiger partial charge in [0.2, 0.25) is 5.82 Å². The number of anilines is 2. The molecule has 0 aliphatic heterocycles. The monoisotopic (exact) mass is 292 g/mol. The van der Waals surface area contributed by atoms with Gasteiger partial charge < -0.3 is 15.4 Å². The summed E-state index contributed by atoms with van der Waals surface area (Å²) in [5, 5.41) is 5.62. The van der Waals surface area contributed by atoms with E-state index >= 15 is 0 Å². The number of rotatable bonds is 8. The topological polar surface area (TPSA) is 59.1 Å². The van der Waals surface area contributed by atoms with Crippen LogP contribution in [0.2, 0.25) is 0 Å². The van der Waals surface area contributed by atoms with E-state index < -0.39 is 12.0 Å². The van der Waals surface area contributed by atoms with Crippen LogP contribution in [0.4, 0.5) is 24.8 Å². The van der Waals surface area contributed by atoms with Crippen LogP contribution in [0.15, 0.2) is 6.07 Å². The van der Waals surface area contributed by atoms with E-state index in [4.69, 9.17) is 4.74 Å². The zero-order chi connectivity index (χ0) is 15.0. The number of nitrogens with zero attached hydrogens (tertiary/aromatic N) is 2. The second-order valence-electron chi connectivity index (χ2n) is 4.01. The Hall–Kier alpha value is -1.57. The fourth-order valence-electron chi connectivity index (χ4n) is 1.40. The van der Waals surface area contributed by atoms with E-state index in [2.05, 4.69) is 20.6 Å². The summed E-state index contributed by atoms with van der Waals surface area (Å²) >= 11 is 0. The van der Waals surface area contributed by atoms with Gasteiger partial charge in [-0.1, -0.05) is 6.92 Å². The first-order chi connectivity index (χ1) is 9.47. The number of ether oxygens (including phenoxy) is 1. The number of halogens is 3. The molecule has 0 fully saturated rings. The molecule has 0 amide bonds. The van der Waals surface area contributed by atoms with Crippen LogP contribution in [0.5, 0.6) is 0 Å². The molecule has 0 aliphatic carbocycles. The summed E-state index contributed by atoms with van der Waals surface area (Å²) < 4.78 is 43.2. The Morgan fingerprint density at radius 3 is 2.20 bits per heavy atom. The normalized spacial score (nSPS) is 11.4. The summed E-state index contributed by atoms with van der Waals surface area (Å²) in [6, 6.07) is 1.46. The molecule has 0 saturated heterocycles. The molecule has 8 heteroatoms. The largest absolute Gasteiger partial charge is 0.451 e. The molecule has 2 N–H and O–H groups in total. The molecular formula is C12H19F3N4O. The lowest BCUT2D eigenvalue weighted by Gasteiger charge is -2.12. The van der Waals surface area contributed by atoms with Crippen LogP contribution in [-0.4, -0.2) is 36.3 Å². The van der Waals surface area contributed by atoms with Crippen LogP contribution in [0.3, 0.4) is 0 Å². The third-order valence-electron chi connectivity index (χ3n) is 2.29. The molecule has 0 aliphatic rings. The fraction of sp³-hybridized carbons (Fsp3) is 0.667. The van der Waals surface area contributed by atoms with Gasteiger partial charge in [0.15, 0.2) is 0 Å². The van der Waals surface area contributed by atoms with Crippen molar-refractivity contribution in [2.45, 2.75) is 26.4 Å². The second kappa shape index (κ2) is 7.88. The Labute approximate surface area is 116 Å². The summed E-state index contributed by atoms with van der Waals surface area (Å²) in [7, 11) is 0. The zero-order valence-corrected chi connectivity index (χ0v) is 11.5. The number of nitrogens with one attached hydrogen (secondary N) is 2. The first-order valence-electron chi connectivity index (χ1n) is 6.49. The predicted molar refractivity (Wildman–Crippen MR) is 70.8 cm³/mol. The van der Waals surface area contributed by atoms with Gasteiger partial charge in [-0.05, 0) is 13.3 Å². The lowest BCUT2D eigenvalue weighted by Crippen LogP contribution is -2.17. The highest BCUT2D eigenvalue weighted by atomic mass is 19.4. The number of hydrogen-bond donors (Lipinski definition) is 2. The lowest BCUT2D eigenvalue weighted by atomic mass is 10.4. The van der Waals surface area contributed by atoms with E-state index in [0.717, 1.165) is 6.42 Å². The number of hydrogen-bond acceptors (Lipinski definition) is 5. The van der Waals surface area contributed by atoms with Gasteiger partial charge in [-0.15, -0.1) is 0 Å². The maximum Gasteiger partial charge on any atom is 0.451 e. The Morgan fingerprint density at radius 2 is 1.70 bits per heavy atom. The molecule has 1 aromatic heterocycles. The number of aromatic nitrogens is 2. The third-order valence-corrected chi connectivity index (χ3v) is 2.29. The van der Waals surface area contributed by atoms with Crippen LogP contribution in [0.1, 0.15) is 26.1 Å². The molecule has 0 radical (unpaired) electrons. The first-order valence-corrected chi connectivity index (χ1v) is 6.49. The minimum Gasteiger partial charge on any atom is -0.380 e. The highest BCUT2D eigenvalue weighted by Gasteiger charge is 2.35. The van der Waals surface area contributed by atoms with Crippen LogP contribution in [-0.2, 0) is 10.9 Å². The lowest BCUT2D eigenvalue weighted by molar-refractivity contribution is -0.144. The summed E-state index contributed by atoms with van der Waals surface area (Å²) in [4.78, 5) is 6.94. The van der Waals surface area contributed by atoms with Crippen molar-refractivity contribution in [2.75, 3.05) is 36.9 Å². The van der Waals surface area contributed by atoms with Crippen LogP contribution >= 0.6 is 0 Å². The Balaban J connectivity index is 2.80. The molecule has 20 heavy (non-hydrogen) atoms. The fourth-order valence-corrected chi connectivity index (χ4v) is 1.40. The van der Waals surface area contributed by atoms with Crippen LogP contribution in [0.25, 0.3) is 0 Å². The van der Waals surface area contributed by atoms with E-state index in [-0.39, 0.29) is 11.6 Å². The highest BCUT2D eigenvalue weighted by molar-refractivity contribution is 5.47. The van der Waals surface area contributed by atoms with E-state index in [1.807, 2.05) is 13.8 Å². The summed E-state index contributed by atoms with van der Waals surface area (Å²) in [5.41, 5.74) is 0. The van der Waals surface area contributed by atoms with Crippen LogP contribution < -0.4 is 10.6 Å². The SMILES string of the molecule is CCCNc1cc(NCCOCC)nc(C(F)(F)F)n1. The van der Waals surface area contributed by atoms with E-state index in [1.54, 1.807) is 0 Å². The molecule has 0 atom stereocenters. The van der Waals surface area contributed by atoms with Crippen molar-refractivity contribution in [3.05, 3.63) is 11.9 Å². The Bertz CT molecular complexity index is 412. The van der Waals surface area contributed by atoms with Gasteiger partial charge in [0.1, 0.15) is 11.6 Å². The average Bonchev–Trinajstić information content (AvgIpc) is 2.40. The van der Waals surface area contributed by atoms with Gasteiger partial charge >= 0.3 is 6.18 Å². The summed E-state index contributed by atoms with van der Waals surface area (Å²) in [5.74, 6) is -0.865. The maximum absolute atomic E-state index is 12.7. The van der Waals surface area contributed by atoms with Gasteiger partial charge in [0.05, 0.1) is 6.61 Å². The molecular weight excluding hydrogens is 273 g/mol. The zero-order valence-electron chi connectivity index (χ0n) is 11.5. The molecule has 0 bridgehead atoms. The van der Waals surface area contributed by atoms with Crippen molar-refractivity contribution < 1.29 is 17.9 Å². The van der Waals surface area contributed by atoms with Crippen molar-refractivity contribution in [3.63, 3.8) is 0 Å². The van der Waals surface area contributed by atoms with Gasteiger partial charge in [-0.3, -0.25) is 0 Å². The summed E-state index contributed by atoms with van der Waals surface area (Å²) in [6.07, 6.45) is -3.78. The van der Waals surface area contributed by atoms with Gasteiger partial charge in [-0.25, -0.2) is 9.97 Å². The first kappa shape index (κ1) is 16.5. The summed E-state index contributed by atoms with van der Waals surface area (Å²) in [6.45, 7) is 5.66. The maximum atomic E-state index is 12.7.